The molecule has 9 amide bonds. The monoisotopic (exact) mass is 955 g/mol. The van der Waals surface area contributed by atoms with Gasteiger partial charge in [-0.1, -0.05) is 12.8 Å². The van der Waals surface area contributed by atoms with Crippen molar-refractivity contribution in [1.29, 1.82) is 0 Å². The molecule has 25 nitrogen and oxygen atoms in total. The highest BCUT2D eigenvalue weighted by Crippen LogP contribution is 2.33. The van der Waals surface area contributed by atoms with Crippen LogP contribution in [0.25, 0.3) is 0 Å². The zero-order valence-electron chi connectivity index (χ0n) is 36.6. The Kier molecular flexibility index (Phi) is 22.4. The fraction of sp³-hybridized carbons (Fsp3) is 0.700. The fourth-order valence-corrected chi connectivity index (χ4v) is 9.17. The number of carbonyl (C=O) groups is 12. The van der Waals surface area contributed by atoms with Crippen molar-refractivity contribution in [3.63, 3.8) is 0 Å². The molecule has 3 aliphatic rings. The molecule has 3 heterocycles. The molecule has 12 N–H and O–H groups in total. The molecule has 3 fully saturated rings. The van der Waals surface area contributed by atoms with E-state index in [2.05, 4.69) is 42.5 Å². The van der Waals surface area contributed by atoms with Crippen molar-refractivity contribution in [2.45, 2.75) is 151 Å². The molecule has 3 aliphatic heterocycles. The number of amides is 9. The zero-order valence-corrected chi connectivity index (χ0v) is 37.4. The average Bonchev–Trinajstić information content (AvgIpc) is 3.98. The van der Waals surface area contributed by atoms with Crippen molar-refractivity contribution in [2.24, 2.45) is 0 Å². The highest BCUT2D eigenvalue weighted by molar-refractivity contribution is 8.00. The van der Waals surface area contributed by atoms with Gasteiger partial charge in [0.2, 0.25) is 41.4 Å². The first-order chi connectivity index (χ1) is 31.2. The van der Waals surface area contributed by atoms with Crippen molar-refractivity contribution in [1.82, 2.24) is 47.4 Å². The largest absolute Gasteiger partial charge is 0.481 e. The molecule has 368 valence electrons. The number of thioether (sulfide) groups is 1. The Morgan fingerprint density at radius 2 is 1.35 bits per heavy atom. The maximum atomic E-state index is 13.3. The molecule has 26 heteroatoms. The molecule has 0 unspecified atom stereocenters. The Balaban J connectivity index is 1.42. The SMILES string of the molecule is C[C@H](NC(=O)CNC(=O)[C@H](CCC(=O)O)NC(=O)[C@H](CCC(=O)O)NC(=O)CCCCCNC(=O)CCCC[C@@H]1SC[C@@H]2NC(=O)N[C@@H]21)C(=O)N1CCC[C@H]1C(=O)N[C@@H](CC(=O)O)C(=O)O. The zero-order chi connectivity index (χ0) is 48.9. The van der Waals surface area contributed by atoms with Gasteiger partial charge in [-0.3, -0.25) is 47.9 Å². The molecule has 0 aromatic rings. The van der Waals surface area contributed by atoms with Gasteiger partial charge in [-0.05, 0) is 58.3 Å². The Morgan fingerprint density at radius 3 is 2.00 bits per heavy atom. The first kappa shape index (κ1) is 54.1. The van der Waals surface area contributed by atoms with Crippen LogP contribution in [0.4, 0.5) is 4.79 Å². The average molecular weight is 956 g/mol. The lowest BCUT2D eigenvalue weighted by Gasteiger charge is -2.28. The maximum absolute atomic E-state index is 13.3. The van der Waals surface area contributed by atoms with Crippen LogP contribution in [-0.4, -0.2) is 170 Å². The van der Waals surface area contributed by atoms with Crippen LogP contribution in [0.15, 0.2) is 0 Å². The van der Waals surface area contributed by atoms with Gasteiger partial charge in [0.15, 0.2) is 0 Å². The van der Waals surface area contributed by atoms with Crippen molar-refractivity contribution < 1.29 is 78.0 Å². The van der Waals surface area contributed by atoms with Crippen LogP contribution in [-0.2, 0) is 52.7 Å². The first-order valence-corrected chi connectivity index (χ1v) is 22.9. The van der Waals surface area contributed by atoms with Gasteiger partial charge in [0.1, 0.15) is 30.2 Å². The van der Waals surface area contributed by atoms with Crippen LogP contribution >= 0.6 is 11.8 Å². The number of nitrogens with one attached hydrogen (secondary N) is 8. The third-order valence-electron chi connectivity index (χ3n) is 11.1. The van der Waals surface area contributed by atoms with E-state index in [4.69, 9.17) is 5.11 Å². The Hall–Kier alpha value is -6.21. The first-order valence-electron chi connectivity index (χ1n) is 21.9. The number of carboxylic acid groups (broad SMARTS) is 4. The van der Waals surface area contributed by atoms with E-state index in [1.54, 1.807) is 0 Å². The van der Waals surface area contributed by atoms with Crippen LogP contribution in [0, 0.1) is 0 Å². The minimum Gasteiger partial charge on any atom is -0.481 e. The summed E-state index contributed by atoms with van der Waals surface area (Å²) in [5.74, 6) is -10.0. The molecule has 0 spiro atoms. The Bertz CT molecular complexity index is 1820. The summed E-state index contributed by atoms with van der Waals surface area (Å²) < 4.78 is 0. The number of urea groups is 1. The number of unbranched alkanes of at least 4 members (excludes halogenated alkanes) is 3. The lowest BCUT2D eigenvalue weighted by molar-refractivity contribution is -0.148. The predicted molar refractivity (Wildman–Crippen MR) is 230 cm³/mol. The number of carbonyl (C=O) groups excluding carboxylic acids is 8. The van der Waals surface area contributed by atoms with Gasteiger partial charge in [-0.2, -0.15) is 11.8 Å². The normalized spacial score (nSPS) is 20.2. The van der Waals surface area contributed by atoms with E-state index in [1.807, 2.05) is 11.8 Å². The summed E-state index contributed by atoms with van der Waals surface area (Å²) in [6.07, 6.45) is 1.80. The molecular weight excluding hydrogens is 895 g/mol. The summed E-state index contributed by atoms with van der Waals surface area (Å²) in [4.78, 5) is 148. The standard InChI is InChI=1S/C40H61N9O16S/c1-21(38(62)49-17-7-8-26(49)37(61)46-24(39(63)64)18-33(57)58)43-30(52)19-42-35(59)22(12-14-31(53)54)45-36(60)23(13-15-32(55)56)44-29(51)11-3-2-6-16-41-28(50)10-5-4-9-27-34-25(20-66-27)47-40(65)48-34/h21-27,34H,2-20H2,1H3,(H,41,50)(H,42,59)(H,43,52)(H,44,51)(H,45,60)(H,46,61)(H,53,54)(H,55,56)(H,57,58)(H,63,64)(H2,47,48,65)/t21-,22-,23-,24-,25-,26-,27-,34-/m0/s1. The minimum atomic E-state index is -1.75. The number of hydrogen-bond acceptors (Lipinski definition) is 13. The third kappa shape index (κ3) is 18.7. The van der Waals surface area contributed by atoms with Crippen LogP contribution in [0.1, 0.15) is 103 Å². The molecule has 0 bridgehead atoms. The van der Waals surface area contributed by atoms with Gasteiger partial charge < -0.3 is 67.9 Å². The molecule has 3 saturated heterocycles. The number of aliphatic carboxylic acids is 4. The predicted octanol–water partition coefficient (Wildman–Crippen LogP) is -2.26. The summed E-state index contributed by atoms with van der Waals surface area (Å²) >= 11 is 1.82. The summed E-state index contributed by atoms with van der Waals surface area (Å²) in [7, 11) is 0. The van der Waals surface area contributed by atoms with Crippen LogP contribution in [0.5, 0.6) is 0 Å². The van der Waals surface area contributed by atoms with Crippen molar-refractivity contribution in [2.75, 3.05) is 25.4 Å². The van der Waals surface area contributed by atoms with Gasteiger partial charge in [-0.25, -0.2) is 9.59 Å². The van der Waals surface area contributed by atoms with Crippen LogP contribution < -0.4 is 42.5 Å². The van der Waals surface area contributed by atoms with E-state index < -0.39 is 122 Å². The number of hydrogen-bond donors (Lipinski definition) is 12. The number of fused-ring (bicyclic) bond motifs is 1. The lowest BCUT2D eigenvalue weighted by Crippen LogP contribution is -2.56. The third-order valence-corrected chi connectivity index (χ3v) is 12.6. The van der Waals surface area contributed by atoms with Gasteiger partial charge in [0, 0.05) is 49.8 Å². The molecule has 3 rings (SSSR count). The second kappa shape index (κ2) is 27.3. The summed E-state index contributed by atoms with van der Waals surface area (Å²) in [6, 6.07) is -7.04. The van der Waals surface area contributed by atoms with Gasteiger partial charge in [-0.15, -0.1) is 0 Å². The lowest BCUT2D eigenvalue weighted by atomic mass is 10.0. The summed E-state index contributed by atoms with van der Waals surface area (Å²) in [6.45, 7) is 0.975. The molecule has 0 aromatic carbocycles. The molecule has 0 saturated carbocycles. The van der Waals surface area contributed by atoms with Crippen LogP contribution in [0.3, 0.4) is 0 Å². The Labute approximate surface area is 383 Å². The Morgan fingerprint density at radius 1 is 0.697 bits per heavy atom. The van der Waals surface area contributed by atoms with Gasteiger partial charge in [0.05, 0.1) is 25.0 Å². The molecule has 0 aromatic heterocycles. The molecular formula is C40H61N9O16S. The van der Waals surface area contributed by atoms with E-state index in [0.717, 1.165) is 23.5 Å². The van der Waals surface area contributed by atoms with Crippen molar-refractivity contribution >= 4 is 83.0 Å². The highest BCUT2D eigenvalue weighted by atomic mass is 32.2. The van der Waals surface area contributed by atoms with Gasteiger partial charge in [0.25, 0.3) is 0 Å². The van der Waals surface area contributed by atoms with E-state index in [1.165, 1.54) is 6.92 Å². The number of rotatable bonds is 30. The molecule has 0 aliphatic carbocycles. The maximum Gasteiger partial charge on any atom is 0.326 e. The molecule has 0 radical (unpaired) electrons. The number of nitrogens with zero attached hydrogens (tertiary/aromatic N) is 1. The van der Waals surface area contributed by atoms with Gasteiger partial charge >= 0.3 is 29.9 Å². The van der Waals surface area contributed by atoms with Crippen molar-refractivity contribution in [3.8, 4) is 0 Å². The topological polar surface area (TPSA) is 385 Å². The smallest absolute Gasteiger partial charge is 0.326 e. The van der Waals surface area contributed by atoms with E-state index in [0.29, 0.717) is 50.3 Å². The second-order valence-electron chi connectivity index (χ2n) is 16.3. The number of likely N-dealkylation sites (tertiary alicyclic amines) is 1. The quantitative estimate of drug-likeness (QED) is 0.0267. The fourth-order valence-electron chi connectivity index (χ4n) is 7.63. The van der Waals surface area contributed by atoms with Crippen molar-refractivity contribution in [3.05, 3.63) is 0 Å². The number of carboxylic acids is 4. The van der Waals surface area contributed by atoms with Crippen LogP contribution in [0.2, 0.25) is 0 Å². The summed E-state index contributed by atoms with van der Waals surface area (Å²) in [5.41, 5.74) is 0. The van der Waals surface area contributed by atoms with E-state index in [9.17, 15) is 72.9 Å². The summed E-state index contributed by atoms with van der Waals surface area (Å²) in [5, 5.41) is 57.2. The van der Waals surface area contributed by atoms with E-state index in [-0.39, 0.29) is 49.8 Å². The molecule has 8 atom stereocenters. The minimum absolute atomic E-state index is 0.0512. The second-order valence-corrected chi connectivity index (χ2v) is 17.5. The highest BCUT2D eigenvalue weighted by Gasteiger charge is 2.43. The van der Waals surface area contributed by atoms with E-state index >= 15 is 0 Å². The molecule has 66 heavy (non-hydrogen) atoms.